The first kappa shape index (κ1) is 19.9. The van der Waals surface area contributed by atoms with Crippen LogP contribution in [0.1, 0.15) is 29.3 Å². The Hall–Kier alpha value is -3.80. The molecule has 0 N–H and O–H groups in total. The van der Waals surface area contributed by atoms with Crippen LogP contribution < -0.4 is 14.4 Å². The van der Waals surface area contributed by atoms with Crippen LogP contribution in [0.3, 0.4) is 0 Å². The minimum absolute atomic E-state index is 0.0159. The van der Waals surface area contributed by atoms with Crippen LogP contribution in [0.2, 0.25) is 0 Å². The summed E-state index contributed by atoms with van der Waals surface area (Å²) in [6, 6.07) is 22.4. The Balaban J connectivity index is 1.36. The molecule has 166 valence electrons. The third-order valence-corrected chi connectivity index (χ3v) is 6.60. The van der Waals surface area contributed by atoms with Crippen LogP contribution in [0.15, 0.2) is 66.7 Å². The number of ether oxygens (including phenoxy) is 2. The van der Waals surface area contributed by atoms with E-state index in [1.165, 1.54) is 11.1 Å². The van der Waals surface area contributed by atoms with Crippen LogP contribution >= 0.6 is 0 Å². The van der Waals surface area contributed by atoms with Crippen molar-refractivity contribution in [3.8, 4) is 11.5 Å². The van der Waals surface area contributed by atoms with Gasteiger partial charge in [0.2, 0.25) is 5.91 Å². The maximum Gasteiger partial charge on any atom is 0.227 e. The number of aryl methyl sites for hydroxylation is 1. The summed E-state index contributed by atoms with van der Waals surface area (Å²) >= 11 is 0. The molecule has 0 saturated carbocycles. The lowest BCUT2D eigenvalue weighted by Crippen LogP contribution is -2.25. The first-order chi connectivity index (χ1) is 16.2. The molecular weight excluding hydrogens is 414 g/mol. The zero-order chi connectivity index (χ0) is 22.4. The lowest BCUT2D eigenvalue weighted by atomic mass is 10.1. The van der Waals surface area contributed by atoms with Gasteiger partial charge in [-0.15, -0.1) is 0 Å². The standard InChI is InChI=1S/C27H25N3O3/c1-18-6-2-3-7-19(18)16-30-23-9-5-4-8-22(23)28-27(30)20-14-26(31)29(17-20)21-10-11-24-25(15-21)33-13-12-32-24/h2-11,15,20H,12-14,16-17H2,1H3. The number of carbonyl (C=O) groups excluding carboxylic acids is 1. The zero-order valence-corrected chi connectivity index (χ0v) is 18.5. The molecule has 0 aliphatic carbocycles. The number of hydrogen-bond acceptors (Lipinski definition) is 4. The predicted molar refractivity (Wildman–Crippen MR) is 127 cm³/mol. The zero-order valence-electron chi connectivity index (χ0n) is 18.5. The Morgan fingerprint density at radius 3 is 2.64 bits per heavy atom. The minimum atomic E-state index is 0.0159. The van der Waals surface area contributed by atoms with Gasteiger partial charge in [-0.1, -0.05) is 36.4 Å². The molecule has 1 amide bonds. The maximum absolute atomic E-state index is 13.1. The molecule has 3 heterocycles. The van der Waals surface area contributed by atoms with Gasteiger partial charge in [-0.25, -0.2) is 4.98 Å². The Morgan fingerprint density at radius 1 is 0.970 bits per heavy atom. The summed E-state index contributed by atoms with van der Waals surface area (Å²) < 4.78 is 13.6. The average molecular weight is 440 g/mol. The quantitative estimate of drug-likeness (QED) is 0.463. The molecule has 0 spiro atoms. The average Bonchev–Trinajstić information content (AvgIpc) is 3.41. The van der Waals surface area contributed by atoms with E-state index in [-0.39, 0.29) is 11.8 Å². The number of benzene rings is 3. The number of rotatable bonds is 4. The fourth-order valence-corrected chi connectivity index (χ4v) is 4.86. The van der Waals surface area contributed by atoms with Crippen LogP contribution in [0.25, 0.3) is 11.0 Å². The van der Waals surface area contributed by atoms with Crippen molar-refractivity contribution in [3.63, 3.8) is 0 Å². The second-order valence-electron chi connectivity index (χ2n) is 8.70. The number of fused-ring (bicyclic) bond motifs is 2. The van der Waals surface area contributed by atoms with E-state index in [0.29, 0.717) is 31.9 Å². The van der Waals surface area contributed by atoms with E-state index < -0.39 is 0 Å². The van der Waals surface area contributed by atoms with E-state index in [2.05, 4.69) is 41.8 Å². The van der Waals surface area contributed by atoms with Crippen molar-refractivity contribution in [2.24, 2.45) is 0 Å². The number of hydrogen-bond donors (Lipinski definition) is 0. The lowest BCUT2D eigenvalue weighted by Gasteiger charge is -2.22. The Kier molecular flexibility index (Phi) is 4.79. The molecule has 1 fully saturated rings. The van der Waals surface area contributed by atoms with Gasteiger partial charge in [0, 0.05) is 37.2 Å². The largest absolute Gasteiger partial charge is 0.486 e. The fraction of sp³-hybridized carbons (Fsp3) is 0.259. The van der Waals surface area contributed by atoms with E-state index in [0.717, 1.165) is 34.8 Å². The van der Waals surface area contributed by atoms with Gasteiger partial charge in [0.1, 0.15) is 19.0 Å². The molecule has 1 saturated heterocycles. The molecule has 0 bridgehead atoms. The number of para-hydroxylation sites is 2. The fourth-order valence-electron chi connectivity index (χ4n) is 4.86. The van der Waals surface area contributed by atoms with Gasteiger partial charge in [0.15, 0.2) is 11.5 Å². The van der Waals surface area contributed by atoms with E-state index in [1.807, 2.05) is 41.3 Å². The summed E-state index contributed by atoms with van der Waals surface area (Å²) in [5.74, 6) is 2.51. The molecule has 4 aromatic rings. The summed E-state index contributed by atoms with van der Waals surface area (Å²) in [7, 11) is 0. The molecule has 6 rings (SSSR count). The van der Waals surface area contributed by atoms with Crippen molar-refractivity contribution in [1.29, 1.82) is 0 Å². The van der Waals surface area contributed by atoms with E-state index >= 15 is 0 Å². The van der Waals surface area contributed by atoms with Gasteiger partial charge in [-0.05, 0) is 42.3 Å². The van der Waals surface area contributed by atoms with Crippen molar-refractivity contribution in [3.05, 3.63) is 83.7 Å². The smallest absolute Gasteiger partial charge is 0.227 e. The van der Waals surface area contributed by atoms with Crippen molar-refractivity contribution < 1.29 is 14.3 Å². The highest BCUT2D eigenvalue weighted by Crippen LogP contribution is 2.38. The first-order valence-corrected chi connectivity index (χ1v) is 11.4. The molecule has 3 aromatic carbocycles. The first-order valence-electron chi connectivity index (χ1n) is 11.4. The topological polar surface area (TPSA) is 56.6 Å². The Bertz CT molecular complexity index is 1360. The predicted octanol–water partition coefficient (Wildman–Crippen LogP) is 4.68. The Labute approximate surface area is 192 Å². The van der Waals surface area contributed by atoms with E-state index in [9.17, 15) is 4.79 Å². The number of anilines is 1. The molecule has 33 heavy (non-hydrogen) atoms. The molecule has 2 aliphatic rings. The summed E-state index contributed by atoms with van der Waals surface area (Å²) in [6.45, 7) is 4.54. The monoisotopic (exact) mass is 439 g/mol. The number of imidazole rings is 1. The van der Waals surface area contributed by atoms with Gasteiger partial charge in [0.25, 0.3) is 0 Å². The molecule has 2 aliphatic heterocycles. The van der Waals surface area contributed by atoms with Gasteiger partial charge >= 0.3 is 0 Å². The Morgan fingerprint density at radius 2 is 1.76 bits per heavy atom. The molecule has 1 atom stereocenters. The third-order valence-electron chi connectivity index (χ3n) is 6.60. The van der Waals surface area contributed by atoms with Gasteiger partial charge in [-0.3, -0.25) is 4.79 Å². The van der Waals surface area contributed by atoms with E-state index in [4.69, 9.17) is 14.5 Å². The second kappa shape index (κ2) is 7.96. The number of aromatic nitrogens is 2. The molecule has 6 nitrogen and oxygen atoms in total. The number of nitrogens with zero attached hydrogens (tertiary/aromatic N) is 3. The number of amides is 1. The number of carbonyl (C=O) groups is 1. The summed E-state index contributed by atoms with van der Waals surface area (Å²) in [6.07, 6.45) is 0.436. The highest BCUT2D eigenvalue weighted by atomic mass is 16.6. The summed E-state index contributed by atoms with van der Waals surface area (Å²) in [5.41, 5.74) is 5.41. The molecule has 6 heteroatoms. The van der Waals surface area contributed by atoms with Crippen LogP contribution in [0.4, 0.5) is 5.69 Å². The maximum atomic E-state index is 13.1. The van der Waals surface area contributed by atoms with Crippen molar-refractivity contribution in [2.75, 3.05) is 24.7 Å². The van der Waals surface area contributed by atoms with Crippen molar-refractivity contribution in [2.45, 2.75) is 25.8 Å². The lowest BCUT2D eigenvalue weighted by molar-refractivity contribution is -0.117. The van der Waals surface area contributed by atoms with E-state index in [1.54, 1.807) is 0 Å². The van der Waals surface area contributed by atoms with Gasteiger partial charge < -0.3 is 18.9 Å². The molecule has 1 aromatic heterocycles. The highest BCUT2D eigenvalue weighted by molar-refractivity contribution is 5.97. The minimum Gasteiger partial charge on any atom is -0.486 e. The normalized spacial score (nSPS) is 17.7. The molecular formula is C27H25N3O3. The van der Waals surface area contributed by atoms with Gasteiger partial charge in [0.05, 0.1) is 11.0 Å². The summed E-state index contributed by atoms with van der Waals surface area (Å²) in [4.78, 5) is 19.9. The SMILES string of the molecule is Cc1ccccc1Cn1c(C2CC(=O)N(c3ccc4c(c3)OCCO4)C2)nc2ccccc21. The van der Waals surface area contributed by atoms with Gasteiger partial charge in [-0.2, -0.15) is 0 Å². The second-order valence-corrected chi connectivity index (χ2v) is 8.70. The van der Waals surface area contributed by atoms with Crippen LogP contribution in [-0.4, -0.2) is 35.2 Å². The summed E-state index contributed by atoms with van der Waals surface area (Å²) in [5, 5.41) is 0. The third kappa shape index (κ3) is 3.52. The van der Waals surface area contributed by atoms with Crippen molar-refractivity contribution in [1.82, 2.24) is 9.55 Å². The molecule has 1 unspecified atom stereocenters. The highest BCUT2D eigenvalue weighted by Gasteiger charge is 2.35. The van der Waals surface area contributed by atoms with Crippen LogP contribution in [0.5, 0.6) is 11.5 Å². The van der Waals surface area contributed by atoms with Crippen LogP contribution in [-0.2, 0) is 11.3 Å². The van der Waals surface area contributed by atoms with Crippen LogP contribution in [0, 0.1) is 6.92 Å². The van der Waals surface area contributed by atoms with Crippen molar-refractivity contribution >= 4 is 22.6 Å². The molecule has 0 radical (unpaired) electrons.